The number of carbonyl (C=O) groups is 1. The third-order valence-corrected chi connectivity index (χ3v) is 2.24. The first-order valence-corrected chi connectivity index (χ1v) is 4.46. The summed E-state index contributed by atoms with van der Waals surface area (Å²) in [6, 6.07) is 3.46. The van der Waals surface area contributed by atoms with Gasteiger partial charge in [-0.05, 0) is 12.1 Å². The van der Waals surface area contributed by atoms with Crippen molar-refractivity contribution in [2.75, 3.05) is 5.73 Å². The van der Waals surface area contributed by atoms with Crippen LogP contribution in [0.2, 0.25) is 5.15 Å². The number of anilines is 1. The van der Waals surface area contributed by atoms with Crippen LogP contribution in [-0.4, -0.2) is 15.7 Å². The molecule has 14 heavy (non-hydrogen) atoms. The van der Waals surface area contributed by atoms with E-state index in [0.717, 1.165) is 11.8 Å². The van der Waals surface area contributed by atoms with Crippen LogP contribution in [0.25, 0.3) is 5.52 Å². The Morgan fingerprint density at radius 2 is 2.43 bits per heavy atom. The van der Waals surface area contributed by atoms with Crippen molar-refractivity contribution in [1.82, 2.24) is 9.38 Å². The van der Waals surface area contributed by atoms with E-state index in [4.69, 9.17) is 17.3 Å². The predicted molar refractivity (Wildman–Crippen MR) is 54.4 cm³/mol. The monoisotopic (exact) mass is 209 g/mol. The van der Waals surface area contributed by atoms with Gasteiger partial charge < -0.3 is 14.9 Å². The number of hydrogen-bond donors (Lipinski definition) is 1. The smallest absolute Gasteiger partial charge is 0.155 e. The fourth-order valence-corrected chi connectivity index (χ4v) is 1.59. The number of halogens is 1. The molecule has 2 aromatic rings. The highest BCUT2D eigenvalue weighted by Gasteiger charge is 2.08. The van der Waals surface area contributed by atoms with E-state index in [1.807, 2.05) is 0 Å². The zero-order valence-electron chi connectivity index (χ0n) is 7.27. The number of fused-ring (bicyclic) bond motifs is 1. The summed E-state index contributed by atoms with van der Waals surface area (Å²) in [5.41, 5.74) is 6.95. The van der Waals surface area contributed by atoms with Gasteiger partial charge in [-0.1, -0.05) is 11.6 Å². The molecule has 0 aliphatic rings. The highest BCUT2D eigenvalue weighted by Crippen LogP contribution is 2.20. The molecule has 2 heterocycles. The Kier molecular flexibility index (Phi) is 2.13. The quantitative estimate of drug-likeness (QED) is 0.759. The average Bonchev–Trinajstić information content (AvgIpc) is 2.44. The summed E-state index contributed by atoms with van der Waals surface area (Å²) >= 11 is 5.88. The molecule has 0 atom stereocenters. The van der Waals surface area contributed by atoms with Crippen LogP contribution in [0.3, 0.4) is 0 Å². The van der Waals surface area contributed by atoms with Crippen molar-refractivity contribution in [3.63, 3.8) is 0 Å². The fraction of sp³-hybridized carbons (Fsp3) is 0.111. The number of nitrogen functional groups attached to an aromatic ring is 1. The number of pyridine rings is 1. The number of aldehydes is 1. The van der Waals surface area contributed by atoms with Crippen LogP contribution in [0.4, 0.5) is 5.69 Å². The van der Waals surface area contributed by atoms with Crippen molar-refractivity contribution in [2.24, 2.45) is 0 Å². The molecule has 0 aliphatic carbocycles. The number of nitrogens with zero attached hydrogens (tertiary/aromatic N) is 2. The van der Waals surface area contributed by atoms with Gasteiger partial charge in [-0.25, -0.2) is 4.98 Å². The Morgan fingerprint density at radius 1 is 1.64 bits per heavy atom. The first-order valence-electron chi connectivity index (χ1n) is 4.08. The molecule has 0 amide bonds. The maximum absolute atomic E-state index is 10.4. The second-order valence-corrected chi connectivity index (χ2v) is 3.26. The van der Waals surface area contributed by atoms with E-state index < -0.39 is 0 Å². The minimum Gasteiger partial charge on any atom is -0.399 e. The van der Waals surface area contributed by atoms with E-state index >= 15 is 0 Å². The third kappa shape index (κ3) is 1.33. The largest absolute Gasteiger partial charge is 0.399 e. The van der Waals surface area contributed by atoms with Gasteiger partial charge in [0, 0.05) is 11.9 Å². The van der Waals surface area contributed by atoms with E-state index in [9.17, 15) is 4.79 Å². The molecule has 5 heteroatoms. The van der Waals surface area contributed by atoms with Gasteiger partial charge in [0.15, 0.2) is 5.15 Å². The van der Waals surface area contributed by atoms with Gasteiger partial charge in [0.25, 0.3) is 0 Å². The lowest BCUT2D eigenvalue weighted by Gasteiger charge is -1.98. The molecule has 0 aromatic carbocycles. The SMILES string of the molecule is Nc1ccn2c(CC=O)nc(Cl)c2c1. The van der Waals surface area contributed by atoms with Crippen LogP contribution in [0.5, 0.6) is 0 Å². The van der Waals surface area contributed by atoms with Gasteiger partial charge in [0.2, 0.25) is 0 Å². The van der Waals surface area contributed by atoms with E-state index in [1.54, 1.807) is 22.7 Å². The molecule has 2 N–H and O–H groups in total. The molecule has 72 valence electrons. The third-order valence-electron chi connectivity index (χ3n) is 1.96. The Bertz CT molecular complexity index is 492. The molecule has 2 aromatic heterocycles. The van der Waals surface area contributed by atoms with Crippen LogP contribution >= 0.6 is 11.6 Å². The zero-order valence-corrected chi connectivity index (χ0v) is 8.03. The molecular formula is C9H8ClN3O. The number of rotatable bonds is 2. The van der Waals surface area contributed by atoms with Crippen LogP contribution in [-0.2, 0) is 11.2 Å². The van der Waals surface area contributed by atoms with Gasteiger partial charge in [-0.3, -0.25) is 0 Å². The zero-order chi connectivity index (χ0) is 10.1. The molecule has 0 saturated heterocycles. The molecule has 0 unspecified atom stereocenters. The van der Waals surface area contributed by atoms with Crippen LogP contribution in [0.1, 0.15) is 5.82 Å². The summed E-state index contributed by atoms with van der Waals surface area (Å²) < 4.78 is 1.76. The molecule has 0 fully saturated rings. The molecular weight excluding hydrogens is 202 g/mol. The Hall–Kier alpha value is -1.55. The Balaban J connectivity index is 2.70. The second-order valence-electron chi connectivity index (χ2n) is 2.90. The van der Waals surface area contributed by atoms with E-state index in [1.165, 1.54) is 0 Å². The normalized spacial score (nSPS) is 10.6. The standard InChI is InChI=1S/C9H8ClN3O/c10-9-7-5-6(11)1-3-13(7)8(12-9)2-4-14/h1,3-5H,2,11H2. The first kappa shape index (κ1) is 9.02. The minimum absolute atomic E-state index is 0.248. The predicted octanol–water partition coefficient (Wildman–Crippen LogP) is 1.31. The summed E-state index contributed by atoms with van der Waals surface area (Å²) in [4.78, 5) is 14.4. The van der Waals surface area contributed by atoms with Gasteiger partial charge in [0.05, 0.1) is 11.9 Å². The highest BCUT2D eigenvalue weighted by molar-refractivity contribution is 6.32. The summed E-state index contributed by atoms with van der Waals surface area (Å²) in [6.07, 6.45) is 2.79. The Morgan fingerprint density at radius 3 is 3.14 bits per heavy atom. The minimum atomic E-state index is 0.248. The van der Waals surface area contributed by atoms with Crippen molar-refractivity contribution in [3.05, 3.63) is 29.3 Å². The lowest BCUT2D eigenvalue weighted by Crippen LogP contribution is -1.95. The van der Waals surface area contributed by atoms with Crippen LogP contribution in [0, 0.1) is 0 Å². The van der Waals surface area contributed by atoms with E-state index in [2.05, 4.69) is 4.98 Å². The van der Waals surface area contributed by atoms with Crippen LogP contribution < -0.4 is 5.73 Å². The van der Waals surface area contributed by atoms with Crippen molar-refractivity contribution in [2.45, 2.75) is 6.42 Å². The second kappa shape index (κ2) is 3.31. The van der Waals surface area contributed by atoms with Gasteiger partial charge >= 0.3 is 0 Å². The van der Waals surface area contributed by atoms with Crippen LogP contribution in [0.15, 0.2) is 18.3 Å². The molecule has 0 radical (unpaired) electrons. The molecule has 4 nitrogen and oxygen atoms in total. The number of imidazole rings is 1. The van der Waals surface area contributed by atoms with Crippen molar-refractivity contribution < 1.29 is 4.79 Å². The number of hydrogen-bond acceptors (Lipinski definition) is 3. The van der Waals surface area contributed by atoms with Gasteiger partial charge in [0.1, 0.15) is 12.1 Å². The number of nitrogens with two attached hydrogens (primary N) is 1. The summed E-state index contributed by atoms with van der Waals surface area (Å²) in [6.45, 7) is 0. The van der Waals surface area contributed by atoms with Crippen molar-refractivity contribution in [3.8, 4) is 0 Å². The number of carbonyl (C=O) groups excluding carboxylic acids is 1. The Labute approximate surface area is 85.3 Å². The fourth-order valence-electron chi connectivity index (χ4n) is 1.34. The highest BCUT2D eigenvalue weighted by atomic mass is 35.5. The van der Waals surface area contributed by atoms with Gasteiger partial charge in [-0.15, -0.1) is 0 Å². The summed E-state index contributed by atoms with van der Waals surface area (Å²) in [5, 5.41) is 0.370. The first-order chi connectivity index (χ1) is 6.72. The summed E-state index contributed by atoms with van der Waals surface area (Å²) in [5.74, 6) is 0.625. The topological polar surface area (TPSA) is 60.4 Å². The lowest BCUT2D eigenvalue weighted by atomic mass is 10.3. The lowest BCUT2D eigenvalue weighted by molar-refractivity contribution is -0.107. The maximum Gasteiger partial charge on any atom is 0.155 e. The summed E-state index contributed by atoms with van der Waals surface area (Å²) in [7, 11) is 0. The molecule has 2 rings (SSSR count). The molecule has 0 aliphatic heterocycles. The molecule has 0 saturated carbocycles. The number of aromatic nitrogens is 2. The molecule has 0 spiro atoms. The van der Waals surface area contributed by atoms with Crippen molar-refractivity contribution in [1.29, 1.82) is 0 Å². The van der Waals surface area contributed by atoms with E-state index in [0.29, 0.717) is 16.7 Å². The maximum atomic E-state index is 10.4. The molecule has 0 bridgehead atoms. The van der Waals surface area contributed by atoms with Crippen molar-refractivity contribution >= 4 is 29.1 Å². The average molecular weight is 210 g/mol. The van der Waals surface area contributed by atoms with E-state index in [-0.39, 0.29) is 6.42 Å². The van der Waals surface area contributed by atoms with Gasteiger partial charge in [-0.2, -0.15) is 0 Å².